The van der Waals surface area contributed by atoms with E-state index in [-0.39, 0.29) is 30.0 Å². The molecule has 0 radical (unpaired) electrons. The molecule has 0 aromatic carbocycles. The van der Waals surface area contributed by atoms with Crippen molar-refractivity contribution in [1.29, 1.82) is 0 Å². The van der Waals surface area contributed by atoms with Gasteiger partial charge in [-0.2, -0.15) is 0 Å². The van der Waals surface area contributed by atoms with Crippen molar-refractivity contribution in [1.82, 2.24) is 9.80 Å². The van der Waals surface area contributed by atoms with Crippen LogP contribution in [0.1, 0.15) is 79.1 Å². The highest BCUT2D eigenvalue weighted by molar-refractivity contribution is 5.79. The van der Waals surface area contributed by atoms with E-state index in [1.165, 1.54) is 0 Å². The summed E-state index contributed by atoms with van der Waals surface area (Å²) < 4.78 is 23.7. The molecule has 0 aromatic heterocycles. The highest BCUT2D eigenvalue weighted by atomic mass is 16.6. The summed E-state index contributed by atoms with van der Waals surface area (Å²) in [4.78, 5) is 30.6. The van der Waals surface area contributed by atoms with Gasteiger partial charge in [0.15, 0.2) is 0 Å². The molecule has 2 atom stereocenters. The van der Waals surface area contributed by atoms with E-state index in [1.54, 1.807) is 7.11 Å². The lowest BCUT2D eigenvalue weighted by Crippen LogP contribution is -2.70. The Labute approximate surface area is 199 Å². The maximum Gasteiger partial charge on any atom is 0.371 e. The van der Waals surface area contributed by atoms with Crippen LogP contribution in [0.5, 0.6) is 0 Å². The van der Waals surface area contributed by atoms with Crippen molar-refractivity contribution in [3.8, 4) is 0 Å². The van der Waals surface area contributed by atoms with Crippen LogP contribution in [-0.4, -0.2) is 85.3 Å². The Kier molecular flexibility index (Phi) is 9.17. The Hall–Kier alpha value is -1.22. The Morgan fingerprint density at radius 3 is 2.18 bits per heavy atom. The molecule has 3 rings (SSSR count). The summed E-state index contributed by atoms with van der Waals surface area (Å²) in [6.07, 6.45) is 6.79. The van der Waals surface area contributed by atoms with Gasteiger partial charge in [-0.1, -0.05) is 0 Å². The fourth-order valence-electron chi connectivity index (χ4n) is 5.49. The number of ether oxygens (including phenoxy) is 4. The molecule has 0 spiro atoms. The fraction of sp³-hybridized carbons (Fsp3) is 0.920. The van der Waals surface area contributed by atoms with Crippen LogP contribution in [0, 0.1) is 5.92 Å². The number of hydrogen-bond donors (Lipinski definition) is 0. The Morgan fingerprint density at radius 2 is 1.61 bits per heavy atom. The summed E-state index contributed by atoms with van der Waals surface area (Å²) in [6, 6.07) is 0.0963. The molecule has 3 aliphatic rings. The molecule has 0 N–H and O–H groups in total. The molecular weight excluding hydrogens is 424 g/mol. The summed E-state index contributed by atoms with van der Waals surface area (Å²) in [7, 11) is 1.71. The molecule has 1 unspecified atom stereocenters. The lowest BCUT2D eigenvalue weighted by molar-refractivity contribution is -0.281. The van der Waals surface area contributed by atoms with Gasteiger partial charge in [-0.05, 0) is 79.1 Å². The first-order valence-electron chi connectivity index (χ1n) is 12.8. The molecule has 1 saturated carbocycles. The quantitative estimate of drug-likeness (QED) is 0.477. The van der Waals surface area contributed by atoms with Gasteiger partial charge in [-0.3, -0.25) is 9.69 Å². The molecule has 0 amide bonds. The maximum atomic E-state index is 14.0. The van der Waals surface area contributed by atoms with Crippen LogP contribution in [0.3, 0.4) is 0 Å². The van der Waals surface area contributed by atoms with Crippen LogP contribution in [-0.2, 0) is 28.5 Å². The Bertz CT molecular complexity index is 652. The normalized spacial score (nSPS) is 29.1. The minimum Gasteiger partial charge on any atom is -0.466 e. The second-order valence-corrected chi connectivity index (χ2v) is 10.6. The molecular formula is C25H44N2O6. The van der Waals surface area contributed by atoms with Gasteiger partial charge in [-0.25, -0.2) is 9.69 Å². The highest BCUT2D eigenvalue weighted by Gasteiger charge is 2.58. The van der Waals surface area contributed by atoms with Crippen LogP contribution in [0.25, 0.3) is 0 Å². The van der Waals surface area contributed by atoms with E-state index in [0.29, 0.717) is 13.2 Å². The largest absolute Gasteiger partial charge is 0.466 e. The van der Waals surface area contributed by atoms with Gasteiger partial charge in [0.25, 0.3) is 5.85 Å². The summed E-state index contributed by atoms with van der Waals surface area (Å²) in [5.74, 6) is -1.79. The topological polar surface area (TPSA) is 77.5 Å². The molecule has 2 heterocycles. The SMILES string of the molecule is CCOC(=O)C1CCC(OC(C(=O)OC(C)(C)C)(N2CCCC2)N2CCC[C@@H]2COC)CC1. The number of methoxy groups -OCH3 is 1. The van der Waals surface area contributed by atoms with Crippen LogP contribution >= 0.6 is 0 Å². The van der Waals surface area contributed by atoms with Crippen molar-refractivity contribution in [2.45, 2.75) is 103 Å². The van der Waals surface area contributed by atoms with Gasteiger partial charge in [0.1, 0.15) is 5.60 Å². The monoisotopic (exact) mass is 468 g/mol. The molecule has 1 aliphatic carbocycles. The number of esters is 2. The van der Waals surface area contributed by atoms with Crippen LogP contribution in [0.15, 0.2) is 0 Å². The van der Waals surface area contributed by atoms with Crippen molar-refractivity contribution in [3.05, 3.63) is 0 Å². The summed E-state index contributed by atoms with van der Waals surface area (Å²) >= 11 is 0. The van der Waals surface area contributed by atoms with Crippen molar-refractivity contribution in [2.75, 3.05) is 40.0 Å². The minimum atomic E-state index is -1.26. The number of carbonyl (C=O) groups excluding carboxylic acids is 2. The molecule has 190 valence electrons. The third-order valence-electron chi connectivity index (χ3n) is 6.95. The lowest BCUT2D eigenvalue weighted by Gasteiger charge is -2.49. The summed E-state index contributed by atoms with van der Waals surface area (Å²) in [6.45, 7) is 10.9. The average Bonchev–Trinajstić information content (AvgIpc) is 3.44. The van der Waals surface area contributed by atoms with E-state index < -0.39 is 11.4 Å². The molecule has 33 heavy (non-hydrogen) atoms. The second-order valence-electron chi connectivity index (χ2n) is 10.6. The Morgan fingerprint density at radius 1 is 0.939 bits per heavy atom. The molecule has 8 nitrogen and oxygen atoms in total. The molecule has 2 saturated heterocycles. The first-order chi connectivity index (χ1) is 15.7. The average molecular weight is 469 g/mol. The van der Waals surface area contributed by atoms with Gasteiger partial charge in [-0.15, -0.1) is 0 Å². The van der Waals surface area contributed by atoms with Crippen LogP contribution < -0.4 is 0 Å². The maximum absolute atomic E-state index is 14.0. The molecule has 8 heteroatoms. The summed E-state index contributed by atoms with van der Waals surface area (Å²) in [5, 5.41) is 0. The van der Waals surface area contributed by atoms with E-state index in [4.69, 9.17) is 18.9 Å². The molecule has 3 fully saturated rings. The van der Waals surface area contributed by atoms with Crippen LogP contribution in [0.2, 0.25) is 0 Å². The molecule has 2 aliphatic heterocycles. The lowest BCUT2D eigenvalue weighted by atomic mass is 9.87. The Balaban J connectivity index is 1.88. The summed E-state index contributed by atoms with van der Waals surface area (Å²) in [5.41, 5.74) is -0.622. The van der Waals surface area contributed by atoms with E-state index in [0.717, 1.165) is 71.0 Å². The van der Waals surface area contributed by atoms with Gasteiger partial charge >= 0.3 is 11.9 Å². The van der Waals surface area contributed by atoms with Crippen molar-refractivity contribution in [3.63, 3.8) is 0 Å². The number of hydrogen-bond acceptors (Lipinski definition) is 8. The fourth-order valence-corrected chi connectivity index (χ4v) is 5.49. The van der Waals surface area contributed by atoms with E-state index >= 15 is 0 Å². The van der Waals surface area contributed by atoms with Gasteiger partial charge in [0.2, 0.25) is 0 Å². The van der Waals surface area contributed by atoms with Crippen molar-refractivity contribution in [2.24, 2.45) is 5.92 Å². The van der Waals surface area contributed by atoms with E-state index in [1.807, 2.05) is 27.7 Å². The zero-order valence-electron chi connectivity index (χ0n) is 21.3. The number of carbonyl (C=O) groups is 2. The van der Waals surface area contributed by atoms with Crippen molar-refractivity contribution >= 4 is 11.9 Å². The first kappa shape index (κ1) is 26.4. The van der Waals surface area contributed by atoms with Crippen molar-refractivity contribution < 1.29 is 28.5 Å². The zero-order valence-corrected chi connectivity index (χ0v) is 21.3. The van der Waals surface area contributed by atoms with Gasteiger partial charge in [0, 0.05) is 32.8 Å². The van der Waals surface area contributed by atoms with E-state index in [2.05, 4.69) is 9.80 Å². The first-order valence-corrected chi connectivity index (χ1v) is 12.8. The zero-order chi connectivity index (χ0) is 24.1. The molecule has 0 aromatic rings. The second kappa shape index (κ2) is 11.5. The standard InChI is InChI=1S/C25H44N2O6/c1-6-31-22(28)19-11-13-21(14-12-19)32-25(26-15-7-8-16-26,23(29)33-24(2,3)4)27-17-9-10-20(27)18-30-5/h19-21H,6-18H2,1-5H3/t19?,20-,21?,25?/m1/s1. The third-order valence-corrected chi connectivity index (χ3v) is 6.95. The van der Waals surface area contributed by atoms with Crippen LogP contribution in [0.4, 0.5) is 0 Å². The van der Waals surface area contributed by atoms with E-state index in [9.17, 15) is 9.59 Å². The predicted octanol–water partition coefficient (Wildman–Crippen LogP) is 3.33. The highest BCUT2D eigenvalue weighted by Crippen LogP contribution is 2.39. The third kappa shape index (κ3) is 6.27. The van der Waals surface area contributed by atoms with Gasteiger partial charge in [0.05, 0.1) is 25.2 Å². The number of nitrogens with zero attached hydrogens (tertiary/aromatic N) is 2. The minimum absolute atomic E-state index is 0.0828. The molecule has 0 bridgehead atoms. The van der Waals surface area contributed by atoms with Gasteiger partial charge < -0.3 is 18.9 Å². The number of likely N-dealkylation sites (tertiary alicyclic amines) is 2. The number of rotatable bonds is 9. The predicted molar refractivity (Wildman–Crippen MR) is 124 cm³/mol. The smallest absolute Gasteiger partial charge is 0.371 e.